The van der Waals surface area contributed by atoms with Crippen LogP contribution in [0, 0.1) is 0 Å². The van der Waals surface area contributed by atoms with Crippen LogP contribution in [0.1, 0.15) is 18.7 Å². The van der Waals surface area contributed by atoms with Crippen LogP contribution in [0.15, 0.2) is 24.3 Å². The van der Waals surface area contributed by atoms with E-state index in [-0.39, 0.29) is 12.4 Å². The molecule has 0 unspecified atom stereocenters. The number of halogens is 2. The van der Waals surface area contributed by atoms with Crippen LogP contribution < -0.4 is 5.32 Å². The zero-order valence-corrected chi connectivity index (χ0v) is 10.6. The van der Waals surface area contributed by atoms with Crippen molar-refractivity contribution in [3.63, 3.8) is 0 Å². The second-order valence-electron chi connectivity index (χ2n) is 4.16. The minimum atomic E-state index is 0. The Morgan fingerprint density at radius 1 is 1.44 bits per heavy atom. The van der Waals surface area contributed by atoms with Crippen LogP contribution in [0.4, 0.5) is 0 Å². The third-order valence-electron chi connectivity index (χ3n) is 3.10. The summed E-state index contributed by atoms with van der Waals surface area (Å²) in [5, 5.41) is 5.43. The standard InChI is InChI=1S/C12H13ClN2.ClH/c1-8-6-14-7-9-5-10-11(13)3-2-4-12(10)15(8)9;/h2-5,8,14H,6-7H2,1H3;1H/t8-;/m1./s1. The molecule has 16 heavy (non-hydrogen) atoms. The van der Waals surface area contributed by atoms with E-state index in [1.54, 1.807) is 0 Å². The summed E-state index contributed by atoms with van der Waals surface area (Å²) < 4.78 is 2.39. The van der Waals surface area contributed by atoms with Gasteiger partial charge in [0.2, 0.25) is 0 Å². The molecule has 2 heterocycles. The third-order valence-corrected chi connectivity index (χ3v) is 3.43. The van der Waals surface area contributed by atoms with Gasteiger partial charge < -0.3 is 9.88 Å². The molecule has 3 rings (SSSR count). The van der Waals surface area contributed by atoms with Gasteiger partial charge in [0.15, 0.2) is 0 Å². The molecule has 0 saturated heterocycles. The highest BCUT2D eigenvalue weighted by atomic mass is 35.5. The largest absolute Gasteiger partial charge is 0.339 e. The molecule has 1 N–H and O–H groups in total. The fourth-order valence-electron chi connectivity index (χ4n) is 2.43. The molecular formula is C12H14Cl2N2. The molecule has 0 fully saturated rings. The van der Waals surface area contributed by atoms with E-state index in [4.69, 9.17) is 11.6 Å². The van der Waals surface area contributed by atoms with E-state index >= 15 is 0 Å². The van der Waals surface area contributed by atoms with Gasteiger partial charge in [0.1, 0.15) is 0 Å². The van der Waals surface area contributed by atoms with E-state index in [1.807, 2.05) is 12.1 Å². The van der Waals surface area contributed by atoms with Crippen molar-refractivity contribution in [3.05, 3.63) is 35.0 Å². The molecule has 1 aliphatic rings. The van der Waals surface area contributed by atoms with Gasteiger partial charge in [0, 0.05) is 35.2 Å². The second kappa shape index (κ2) is 4.28. The number of rotatable bonds is 0. The van der Waals surface area contributed by atoms with Crippen LogP contribution in [0.25, 0.3) is 10.9 Å². The van der Waals surface area contributed by atoms with Crippen molar-refractivity contribution in [2.45, 2.75) is 19.5 Å². The highest BCUT2D eigenvalue weighted by Crippen LogP contribution is 2.30. The van der Waals surface area contributed by atoms with Crippen molar-refractivity contribution in [1.82, 2.24) is 9.88 Å². The van der Waals surface area contributed by atoms with Crippen LogP contribution >= 0.6 is 24.0 Å². The van der Waals surface area contributed by atoms with E-state index in [0.717, 1.165) is 18.1 Å². The molecule has 1 aliphatic heterocycles. The Morgan fingerprint density at radius 2 is 2.25 bits per heavy atom. The lowest BCUT2D eigenvalue weighted by Gasteiger charge is -2.24. The lowest BCUT2D eigenvalue weighted by molar-refractivity contribution is 0.439. The molecule has 0 saturated carbocycles. The molecule has 0 radical (unpaired) electrons. The van der Waals surface area contributed by atoms with E-state index < -0.39 is 0 Å². The van der Waals surface area contributed by atoms with E-state index in [2.05, 4.69) is 28.9 Å². The molecule has 0 spiro atoms. The molecule has 0 bridgehead atoms. The van der Waals surface area contributed by atoms with Gasteiger partial charge in [-0.15, -0.1) is 12.4 Å². The van der Waals surface area contributed by atoms with E-state index in [1.165, 1.54) is 16.6 Å². The first kappa shape index (κ1) is 11.8. The summed E-state index contributed by atoms with van der Waals surface area (Å²) in [6.07, 6.45) is 0. The van der Waals surface area contributed by atoms with E-state index in [0.29, 0.717) is 6.04 Å². The average molecular weight is 257 g/mol. The van der Waals surface area contributed by atoms with Gasteiger partial charge >= 0.3 is 0 Å². The van der Waals surface area contributed by atoms with Gasteiger partial charge in [-0.1, -0.05) is 17.7 Å². The Labute approximate surface area is 106 Å². The van der Waals surface area contributed by atoms with Gasteiger partial charge in [-0.2, -0.15) is 0 Å². The first-order valence-electron chi connectivity index (χ1n) is 5.26. The van der Waals surface area contributed by atoms with Gasteiger partial charge in [0.25, 0.3) is 0 Å². The minimum absolute atomic E-state index is 0. The number of nitrogens with one attached hydrogen (secondary N) is 1. The summed E-state index contributed by atoms with van der Waals surface area (Å²) in [6, 6.07) is 8.82. The van der Waals surface area contributed by atoms with Crippen LogP contribution in [-0.4, -0.2) is 11.1 Å². The molecule has 4 heteroatoms. The Hall–Kier alpha value is -0.700. The van der Waals surface area contributed by atoms with E-state index in [9.17, 15) is 0 Å². The maximum atomic E-state index is 6.19. The zero-order valence-electron chi connectivity index (χ0n) is 9.03. The molecule has 0 amide bonds. The van der Waals surface area contributed by atoms with Crippen LogP contribution in [0.2, 0.25) is 5.02 Å². The lowest BCUT2D eigenvalue weighted by atomic mass is 10.2. The van der Waals surface area contributed by atoms with Crippen LogP contribution in [0.5, 0.6) is 0 Å². The lowest BCUT2D eigenvalue weighted by Crippen LogP contribution is -2.30. The normalized spacial score (nSPS) is 19.2. The van der Waals surface area contributed by atoms with Gasteiger partial charge in [-0.25, -0.2) is 0 Å². The maximum absolute atomic E-state index is 6.19. The highest BCUT2D eigenvalue weighted by molar-refractivity contribution is 6.35. The maximum Gasteiger partial charge on any atom is 0.0501 e. The topological polar surface area (TPSA) is 17.0 Å². The predicted molar refractivity (Wildman–Crippen MR) is 70.6 cm³/mol. The molecule has 2 nitrogen and oxygen atoms in total. The summed E-state index contributed by atoms with van der Waals surface area (Å²) in [6.45, 7) is 4.20. The molecule has 1 aromatic heterocycles. The molecular weight excluding hydrogens is 243 g/mol. The minimum Gasteiger partial charge on any atom is -0.339 e. The average Bonchev–Trinajstić information content (AvgIpc) is 2.59. The monoisotopic (exact) mass is 256 g/mol. The third kappa shape index (κ3) is 1.61. The van der Waals surface area contributed by atoms with Gasteiger partial charge in [0.05, 0.1) is 5.52 Å². The Morgan fingerprint density at radius 3 is 3.06 bits per heavy atom. The Balaban J connectivity index is 0.000000963. The molecule has 1 atom stereocenters. The Kier molecular flexibility index (Phi) is 3.15. The van der Waals surface area contributed by atoms with Crippen molar-refractivity contribution < 1.29 is 0 Å². The number of benzene rings is 1. The van der Waals surface area contributed by atoms with Gasteiger partial charge in [-0.3, -0.25) is 0 Å². The SMILES string of the molecule is C[C@@H]1CNCc2cc3c(Cl)cccc3n21.Cl. The molecule has 2 aromatic rings. The summed E-state index contributed by atoms with van der Waals surface area (Å²) >= 11 is 6.19. The van der Waals surface area contributed by atoms with Crippen molar-refractivity contribution in [2.75, 3.05) is 6.54 Å². The Bertz CT molecular complexity index is 519. The summed E-state index contributed by atoms with van der Waals surface area (Å²) in [7, 11) is 0. The first-order chi connectivity index (χ1) is 7.27. The van der Waals surface area contributed by atoms with Crippen LogP contribution in [-0.2, 0) is 6.54 Å². The molecule has 0 aliphatic carbocycles. The number of hydrogen-bond donors (Lipinski definition) is 1. The van der Waals surface area contributed by atoms with Crippen molar-refractivity contribution >= 4 is 34.9 Å². The van der Waals surface area contributed by atoms with Crippen molar-refractivity contribution in [1.29, 1.82) is 0 Å². The highest BCUT2D eigenvalue weighted by Gasteiger charge is 2.18. The second-order valence-corrected chi connectivity index (χ2v) is 4.57. The quantitative estimate of drug-likeness (QED) is 0.765. The first-order valence-corrected chi connectivity index (χ1v) is 5.64. The van der Waals surface area contributed by atoms with Crippen molar-refractivity contribution in [3.8, 4) is 0 Å². The number of nitrogens with zero attached hydrogens (tertiary/aromatic N) is 1. The number of aromatic nitrogens is 1. The summed E-state index contributed by atoms with van der Waals surface area (Å²) in [5.41, 5.74) is 2.59. The smallest absolute Gasteiger partial charge is 0.0501 e. The molecule has 1 aromatic carbocycles. The number of hydrogen-bond acceptors (Lipinski definition) is 1. The predicted octanol–water partition coefficient (Wildman–Crippen LogP) is 3.38. The zero-order chi connectivity index (χ0) is 10.4. The molecule has 86 valence electrons. The summed E-state index contributed by atoms with van der Waals surface area (Å²) in [4.78, 5) is 0. The fourth-order valence-corrected chi connectivity index (χ4v) is 2.65. The van der Waals surface area contributed by atoms with Crippen LogP contribution in [0.3, 0.4) is 0 Å². The van der Waals surface area contributed by atoms with Crippen molar-refractivity contribution in [2.24, 2.45) is 0 Å². The van der Waals surface area contributed by atoms with Gasteiger partial charge in [-0.05, 0) is 25.1 Å². The number of fused-ring (bicyclic) bond motifs is 3. The summed E-state index contributed by atoms with van der Waals surface area (Å²) in [5.74, 6) is 0. The fraction of sp³-hybridized carbons (Fsp3) is 0.333.